The second-order valence-corrected chi connectivity index (χ2v) is 6.55. The summed E-state index contributed by atoms with van der Waals surface area (Å²) in [5.41, 5.74) is 8.28. The van der Waals surface area contributed by atoms with E-state index in [-0.39, 0.29) is 24.1 Å². The van der Waals surface area contributed by atoms with Gasteiger partial charge in [-0.25, -0.2) is 0 Å². The maximum atomic E-state index is 12.8. The van der Waals surface area contributed by atoms with Crippen molar-refractivity contribution in [3.05, 3.63) is 34.9 Å². The van der Waals surface area contributed by atoms with Crippen LogP contribution in [0, 0.1) is 0 Å². The number of imide groups is 1. The first-order chi connectivity index (χ1) is 12.0. The summed E-state index contributed by atoms with van der Waals surface area (Å²) in [4.78, 5) is 40.0. The molecule has 7 heteroatoms. The van der Waals surface area contributed by atoms with Crippen LogP contribution >= 0.6 is 0 Å². The predicted molar refractivity (Wildman–Crippen MR) is 92.5 cm³/mol. The molecule has 1 atom stereocenters. The van der Waals surface area contributed by atoms with E-state index in [1.54, 1.807) is 4.90 Å². The van der Waals surface area contributed by atoms with Crippen LogP contribution in [-0.2, 0) is 22.7 Å². The molecule has 1 unspecified atom stereocenters. The van der Waals surface area contributed by atoms with Gasteiger partial charge in [-0.2, -0.15) is 0 Å². The van der Waals surface area contributed by atoms with Gasteiger partial charge in [-0.05, 0) is 30.2 Å². The maximum Gasteiger partial charge on any atom is 0.255 e. The Balaban J connectivity index is 1.75. The van der Waals surface area contributed by atoms with Crippen molar-refractivity contribution in [1.29, 1.82) is 0 Å². The molecule has 2 aliphatic heterocycles. The number of hydrogen-bond donors (Lipinski definition) is 2. The topological polar surface area (TPSA) is 95.7 Å². The number of rotatable bonds is 6. The van der Waals surface area contributed by atoms with Gasteiger partial charge in [0.15, 0.2) is 0 Å². The van der Waals surface area contributed by atoms with E-state index in [9.17, 15) is 14.4 Å². The van der Waals surface area contributed by atoms with E-state index in [0.717, 1.165) is 30.8 Å². The van der Waals surface area contributed by atoms with Crippen molar-refractivity contribution < 1.29 is 14.4 Å². The van der Waals surface area contributed by atoms with E-state index in [0.29, 0.717) is 25.1 Å². The minimum Gasteiger partial charge on any atom is -0.329 e. The highest BCUT2D eigenvalue weighted by atomic mass is 16.2. The largest absolute Gasteiger partial charge is 0.329 e. The summed E-state index contributed by atoms with van der Waals surface area (Å²) in [7, 11) is 0. The van der Waals surface area contributed by atoms with Gasteiger partial charge in [-0.15, -0.1) is 0 Å². The van der Waals surface area contributed by atoms with Gasteiger partial charge in [0, 0.05) is 38.2 Å². The second-order valence-electron chi connectivity index (χ2n) is 6.55. The first kappa shape index (κ1) is 17.6. The van der Waals surface area contributed by atoms with Crippen LogP contribution in [0.15, 0.2) is 18.2 Å². The van der Waals surface area contributed by atoms with Crippen LogP contribution in [0.25, 0.3) is 0 Å². The van der Waals surface area contributed by atoms with E-state index in [4.69, 9.17) is 5.73 Å². The molecule has 2 aliphatic rings. The average molecular weight is 344 g/mol. The molecule has 0 radical (unpaired) electrons. The van der Waals surface area contributed by atoms with Gasteiger partial charge < -0.3 is 10.6 Å². The molecule has 0 aromatic heterocycles. The fourth-order valence-corrected chi connectivity index (χ4v) is 3.49. The Morgan fingerprint density at radius 3 is 2.80 bits per heavy atom. The van der Waals surface area contributed by atoms with E-state index >= 15 is 0 Å². The zero-order valence-corrected chi connectivity index (χ0v) is 14.5. The Labute approximate surface area is 147 Å². The molecule has 1 saturated heterocycles. The highest BCUT2D eigenvalue weighted by Gasteiger charge is 2.39. The number of carbonyl (C=O) groups excluding carboxylic acids is 3. The van der Waals surface area contributed by atoms with E-state index in [1.165, 1.54) is 0 Å². The van der Waals surface area contributed by atoms with E-state index in [1.807, 2.05) is 18.2 Å². The van der Waals surface area contributed by atoms with Crippen LogP contribution < -0.4 is 11.1 Å². The third-order valence-corrected chi connectivity index (χ3v) is 4.89. The van der Waals surface area contributed by atoms with Crippen molar-refractivity contribution in [2.24, 2.45) is 5.73 Å². The lowest BCUT2D eigenvalue weighted by molar-refractivity contribution is -0.136. The number of likely N-dealkylation sites (N-methyl/N-ethyl adjacent to an activating group) is 1. The Morgan fingerprint density at radius 1 is 1.32 bits per heavy atom. The summed E-state index contributed by atoms with van der Waals surface area (Å²) < 4.78 is 0. The monoisotopic (exact) mass is 344 g/mol. The van der Waals surface area contributed by atoms with Gasteiger partial charge in [0.2, 0.25) is 11.8 Å². The van der Waals surface area contributed by atoms with Gasteiger partial charge >= 0.3 is 0 Å². The van der Waals surface area contributed by atoms with Crippen molar-refractivity contribution >= 4 is 17.7 Å². The summed E-state index contributed by atoms with van der Waals surface area (Å²) in [5, 5.41) is 2.32. The number of hydrogen-bond acceptors (Lipinski definition) is 5. The van der Waals surface area contributed by atoms with Crippen LogP contribution in [0.4, 0.5) is 0 Å². The number of piperidine rings is 1. The van der Waals surface area contributed by atoms with Crippen molar-refractivity contribution in [1.82, 2.24) is 15.1 Å². The fourth-order valence-electron chi connectivity index (χ4n) is 3.49. The fraction of sp³-hybridized carbons (Fsp3) is 0.500. The Hall–Kier alpha value is -2.25. The lowest BCUT2D eigenvalue weighted by Gasteiger charge is -2.29. The quantitative estimate of drug-likeness (QED) is 0.720. The van der Waals surface area contributed by atoms with Gasteiger partial charge in [0.25, 0.3) is 5.91 Å². The average Bonchev–Trinajstić information content (AvgIpc) is 2.91. The molecule has 7 nitrogen and oxygen atoms in total. The normalized spacial score (nSPS) is 20.2. The van der Waals surface area contributed by atoms with Crippen molar-refractivity contribution in [2.45, 2.75) is 38.9 Å². The molecule has 2 heterocycles. The molecule has 1 aromatic carbocycles. The Bertz CT molecular complexity index is 704. The predicted octanol–water partition coefficient (Wildman–Crippen LogP) is 0.228. The number of carbonyl (C=O) groups is 3. The van der Waals surface area contributed by atoms with E-state index < -0.39 is 6.04 Å². The number of nitrogens with zero attached hydrogens (tertiary/aromatic N) is 2. The highest BCUT2D eigenvalue weighted by molar-refractivity contribution is 6.05. The van der Waals surface area contributed by atoms with Gasteiger partial charge in [-0.3, -0.25) is 24.6 Å². The van der Waals surface area contributed by atoms with Crippen molar-refractivity contribution in [3.8, 4) is 0 Å². The molecule has 3 N–H and O–H groups in total. The number of amides is 3. The molecule has 25 heavy (non-hydrogen) atoms. The molecule has 0 aliphatic carbocycles. The smallest absolute Gasteiger partial charge is 0.255 e. The molecule has 1 fully saturated rings. The molecule has 0 spiro atoms. The lowest BCUT2D eigenvalue weighted by Crippen LogP contribution is -2.52. The summed E-state index contributed by atoms with van der Waals surface area (Å²) >= 11 is 0. The summed E-state index contributed by atoms with van der Waals surface area (Å²) in [5.74, 6) is -0.779. The summed E-state index contributed by atoms with van der Waals surface area (Å²) in [6.45, 7) is 5.54. The molecular weight excluding hydrogens is 320 g/mol. The molecule has 3 rings (SSSR count). The number of benzene rings is 1. The molecule has 1 aromatic rings. The van der Waals surface area contributed by atoms with Crippen LogP contribution in [0.3, 0.4) is 0 Å². The minimum atomic E-state index is -0.564. The molecule has 0 saturated carbocycles. The second kappa shape index (κ2) is 7.33. The SMILES string of the molecule is CCN(CCN)Cc1ccc2c(c1)C(=O)N(C1CCC(=O)NC1=O)C2. The first-order valence-electron chi connectivity index (χ1n) is 8.72. The van der Waals surface area contributed by atoms with Crippen LogP contribution in [0.5, 0.6) is 0 Å². The number of fused-ring (bicyclic) bond motifs is 1. The third-order valence-electron chi connectivity index (χ3n) is 4.89. The van der Waals surface area contributed by atoms with Gasteiger partial charge in [0.05, 0.1) is 0 Å². The molecule has 3 amide bonds. The Morgan fingerprint density at radius 2 is 2.12 bits per heavy atom. The lowest BCUT2D eigenvalue weighted by atomic mass is 10.0. The van der Waals surface area contributed by atoms with Gasteiger partial charge in [0.1, 0.15) is 6.04 Å². The van der Waals surface area contributed by atoms with Gasteiger partial charge in [-0.1, -0.05) is 19.1 Å². The third kappa shape index (κ3) is 3.57. The van der Waals surface area contributed by atoms with Crippen molar-refractivity contribution in [2.75, 3.05) is 19.6 Å². The number of nitrogens with two attached hydrogens (primary N) is 1. The standard InChI is InChI=1S/C18H24N4O3/c1-2-21(8-7-19)10-12-3-4-13-11-22(18(25)14(13)9-12)15-5-6-16(23)20-17(15)24/h3-4,9,15H,2,5-8,10-11,19H2,1H3,(H,20,23,24). The molecule has 134 valence electrons. The first-order valence-corrected chi connectivity index (χ1v) is 8.72. The van der Waals surface area contributed by atoms with Crippen LogP contribution in [0.1, 0.15) is 41.3 Å². The minimum absolute atomic E-state index is 0.131. The van der Waals surface area contributed by atoms with Crippen LogP contribution in [0.2, 0.25) is 0 Å². The highest BCUT2D eigenvalue weighted by Crippen LogP contribution is 2.28. The maximum absolute atomic E-state index is 12.8. The number of nitrogens with one attached hydrogen (secondary N) is 1. The van der Waals surface area contributed by atoms with Crippen LogP contribution in [-0.4, -0.2) is 53.2 Å². The van der Waals surface area contributed by atoms with E-state index in [2.05, 4.69) is 17.1 Å². The summed E-state index contributed by atoms with van der Waals surface area (Å²) in [6, 6.07) is 5.35. The molecular formula is C18H24N4O3. The molecule has 0 bridgehead atoms. The van der Waals surface area contributed by atoms with Crippen molar-refractivity contribution in [3.63, 3.8) is 0 Å². The summed E-state index contributed by atoms with van der Waals surface area (Å²) in [6.07, 6.45) is 0.656. The zero-order valence-electron chi connectivity index (χ0n) is 14.5. The zero-order chi connectivity index (χ0) is 18.0. The Kier molecular flexibility index (Phi) is 5.15.